The molecule has 2 heterocycles. The van der Waals surface area contributed by atoms with Crippen molar-refractivity contribution < 1.29 is 8.42 Å². The van der Waals surface area contributed by atoms with Crippen molar-refractivity contribution in [1.82, 2.24) is 25.1 Å². The van der Waals surface area contributed by atoms with Crippen LogP contribution in [0.4, 0.5) is 0 Å². The van der Waals surface area contributed by atoms with Crippen molar-refractivity contribution in [3.05, 3.63) is 11.8 Å². The van der Waals surface area contributed by atoms with Crippen molar-refractivity contribution in [1.29, 1.82) is 0 Å². The zero-order chi connectivity index (χ0) is 13.9. The Morgan fingerprint density at radius 1 is 1.58 bits per heavy atom. The molecule has 0 aromatic carbocycles. The molecule has 2 rings (SSSR count). The molecule has 1 aromatic heterocycles. The van der Waals surface area contributed by atoms with Gasteiger partial charge in [0.2, 0.25) is 0 Å². The van der Waals surface area contributed by atoms with E-state index in [1.807, 2.05) is 7.05 Å². The van der Waals surface area contributed by atoms with Gasteiger partial charge in [-0.2, -0.15) is 5.10 Å². The highest BCUT2D eigenvalue weighted by atomic mass is 32.2. The average molecular weight is 287 g/mol. The summed E-state index contributed by atoms with van der Waals surface area (Å²) in [5, 5.41) is 9.49. The van der Waals surface area contributed by atoms with Crippen molar-refractivity contribution in [2.75, 3.05) is 27.2 Å². The van der Waals surface area contributed by atoms with E-state index in [2.05, 4.69) is 25.1 Å². The lowest BCUT2D eigenvalue weighted by Gasteiger charge is -2.29. The number of likely N-dealkylation sites (tertiary alicyclic amines) is 1. The summed E-state index contributed by atoms with van der Waals surface area (Å²) < 4.78 is 27.4. The molecule has 1 aromatic rings. The highest BCUT2D eigenvalue weighted by molar-refractivity contribution is 7.89. The fourth-order valence-corrected chi connectivity index (χ4v) is 3.78. The maximum Gasteiger partial charge on any atom is 0.258 e. The molecule has 7 nitrogen and oxygen atoms in total. The maximum atomic E-state index is 12.3. The maximum absolute atomic E-state index is 12.3. The van der Waals surface area contributed by atoms with E-state index in [4.69, 9.17) is 0 Å². The molecule has 0 bridgehead atoms. The molecule has 1 aliphatic rings. The summed E-state index contributed by atoms with van der Waals surface area (Å²) in [6.45, 7) is 2.24. The first-order chi connectivity index (χ1) is 9.03. The number of rotatable bonds is 5. The highest BCUT2D eigenvalue weighted by Gasteiger charge is 2.26. The van der Waals surface area contributed by atoms with E-state index in [1.165, 1.54) is 6.20 Å². The minimum Gasteiger partial charge on any atom is -0.316 e. The number of nitrogens with one attached hydrogen (secondary N) is 3. The third kappa shape index (κ3) is 3.53. The van der Waals surface area contributed by atoms with Gasteiger partial charge in [-0.1, -0.05) is 0 Å². The normalized spacial score (nSPS) is 21.7. The van der Waals surface area contributed by atoms with Crippen molar-refractivity contribution >= 4 is 10.0 Å². The molecular formula is C11H21N5O2S. The molecular weight excluding hydrogens is 266 g/mol. The van der Waals surface area contributed by atoms with E-state index in [0.717, 1.165) is 25.9 Å². The van der Waals surface area contributed by atoms with Crippen molar-refractivity contribution in [3.63, 3.8) is 0 Å². The van der Waals surface area contributed by atoms with Crippen LogP contribution in [0.15, 0.2) is 11.2 Å². The van der Waals surface area contributed by atoms with E-state index in [9.17, 15) is 8.42 Å². The smallest absolute Gasteiger partial charge is 0.258 e. The van der Waals surface area contributed by atoms with Gasteiger partial charge in [-0.15, -0.1) is 0 Å². The number of H-pyrrole nitrogens is 1. The predicted molar refractivity (Wildman–Crippen MR) is 72.2 cm³/mol. The number of hydrogen-bond donors (Lipinski definition) is 3. The zero-order valence-corrected chi connectivity index (χ0v) is 12.1. The van der Waals surface area contributed by atoms with Gasteiger partial charge in [-0.3, -0.25) is 5.10 Å². The van der Waals surface area contributed by atoms with Gasteiger partial charge in [0.25, 0.3) is 10.0 Å². The Morgan fingerprint density at radius 2 is 2.37 bits per heavy atom. The molecule has 1 fully saturated rings. The molecule has 1 aliphatic heterocycles. The van der Waals surface area contributed by atoms with E-state index in [-0.39, 0.29) is 11.1 Å². The van der Waals surface area contributed by atoms with Gasteiger partial charge in [-0.05, 0) is 33.5 Å². The Morgan fingerprint density at radius 3 is 3.05 bits per heavy atom. The van der Waals surface area contributed by atoms with E-state index in [1.54, 1.807) is 7.05 Å². The monoisotopic (exact) mass is 287 g/mol. The second-order valence-electron chi connectivity index (χ2n) is 4.98. The molecule has 1 saturated heterocycles. The Hall–Kier alpha value is -0.960. The number of likely N-dealkylation sites (N-methyl/N-ethyl adjacent to an activating group) is 1. The van der Waals surface area contributed by atoms with E-state index < -0.39 is 10.0 Å². The Kier molecular flexibility index (Phi) is 4.56. The molecule has 1 unspecified atom stereocenters. The summed E-state index contributed by atoms with van der Waals surface area (Å²) in [4.78, 5) is 2.14. The first-order valence-corrected chi connectivity index (χ1v) is 7.89. The number of hydrogen-bond acceptors (Lipinski definition) is 5. The lowest BCUT2D eigenvalue weighted by Crippen LogP contribution is -2.46. The second-order valence-corrected chi connectivity index (χ2v) is 6.63. The predicted octanol–water partition coefficient (Wildman–Crippen LogP) is -0.498. The molecule has 1 atom stereocenters. The SMILES string of the molecule is CNCc1cn[nH]c1S(=O)(=O)NC1CCCN(C)C1. The molecule has 0 radical (unpaired) electrons. The topological polar surface area (TPSA) is 90.1 Å². The van der Waals surface area contributed by atoms with Gasteiger partial charge >= 0.3 is 0 Å². The fourth-order valence-electron chi connectivity index (χ4n) is 2.39. The third-order valence-corrected chi connectivity index (χ3v) is 4.79. The van der Waals surface area contributed by atoms with Gasteiger partial charge in [0.15, 0.2) is 5.03 Å². The van der Waals surface area contributed by atoms with Gasteiger partial charge < -0.3 is 10.2 Å². The van der Waals surface area contributed by atoms with Gasteiger partial charge in [0.05, 0.1) is 6.20 Å². The van der Waals surface area contributed by atoms with Crippen molar-refractivity contribution in [2.24, 2.45) is 0 Å². The minimum atomic E-state index is -3.53. The Labute approximate surface area is 113 Å². The van der Waals surface area contributed by atoms with Crippen LogP contribution in [-0.4, -0.2) is 56.7 Å². The highest BCUT2D eigenvalue weighted by Crippen LogP contribution is 2.15. The van der Waals surface area contributed by atoms with Crippen LogP contribution >= 0.6 is 0 Å². The lowest BCUT2D eigenvalue weighted by molar-refractivity contribution is 0.242. The van der Waals surface area contributed by atoms with Gasteiger partial charge in [0, 0.05) is 24.7 Å². The summed E-state index contributed by atoms with van der Waals surface area (Å²) in [6.07, 6.45) is 3.42. The fraction of sp³-hybridized carbons (Fsp3) is 0.727. The van der Waals surface area contributed by atoms with Crippen LogP contribution in [0.2, 0.25) is 0 Å². The molecule has 3 N–H and O–H groups in total. The molecule has 0 amide bonds. The first-order valence-electron chi connectivity index (χ1n) is 6.40. The number of nitrogens with zero attached hydrogens (tertiary/aromatic N) is 2. The van der Waals surface area contributed by atoms with Crippen LogP contribution in [0.25, 0.3) is 0 Å². The van der Waals surface area contributed by atoms with Gasteiger partial charge in [-0.25, -0.2) is 13.1 Å². The number of aromatic nitrogens is 2. The standard InChI is InChI=1S/C11H21N5O2S/c1-12-6-9-7-13-14-11(9)19(17,18)15-10-4-3-5-16(2)8-10/h7,10,12,15H,3-6,8H2,1-2H3,(H,13,14). The molecule has 8 heteroatoms. The van der Waals surface area contributed by atoms with E-state index in [0.29, 0.717) is 12.1 Å². The number of sulfonamides is 1. The third-order valence-electron chi connectivity index (χ3n) is 3.26. The summed E-state index contributed by atoms with van der Waals surface area (Å²) in [7, 11) is 0.246. The molecule has 0 saturated carbocycles. The van der Waals surface area contributed by atoms with Gasteiger partial charge in [0.1, 0.15) is 0 Å². The number of piperidine rings is 1. The molecule has 0 spiro atoms. The molecule has 19 heavy (non-hydrogen) atoms. The number of aromatic amines is 1. The molecule has 108 valence electrons. The van der Waals surface area contributed by atoms with E-state index >= 15 is 0 Å². The van der Waals surface area contributed by atoms with Crippen LogP contribution in [-0.2, 0) is 16.6 Å². The second kappa shape index (κ2) is 6.00. The summed E-state index contributed by atoms with van der Waals surface area (Å²) in [6, 6.07) is -0.0329. The largest absolute Gasteiger partial charge is 0.316 e. The molecule has 0 aliphatic carbocycles. The van der Waals surface area contributed by atoms with Crippen LogP contribution in [0.5, 0.6) is 0 Å². The summed E-state index contributed by atoms with van der Waals surface area (Å²) in [5.74, 6) is 0. The zero-order valence-electron chi connectivity index (χ0n) is 11.3. The summed E-state index contributed by atoms with van der Waals surface area (Å²) >= 11 is 0. The Bertz CT molecular complexity index is 513. The minimum absolute atomic E-state index is 0.0329. The van der Waals surface area contributed by atoms with Crippen molar-refractivity contribution in [3.8, 4) is 0 Å². The quantitative estimate of drug-likeness (QED) is 0.679. The summed E-state index contributed by atoms with van der Waals surface area (Å²) in [5.41, 5.74) is 0.652. The lowest BCUT2D eigenvalue weighted by atomic mass is 10.1. The first kappa shape index (κ1) is 14.4. The van der Waals surface area contributed by atoms with Crippen LogP contribution in [0, 0.1) is 0 Å². The van der Waals surface area contributed by atoms with Crippen molar-refractivity contribution in [2.45, 2.75) is 30.5 Å². The average Bonchev–Trinajstić information content (AvgIpc) is 2.78. The van der Waals surface area contributed by atoms with Crippen LogP contribution < -0.4 is 10.0 Å². The van der Waals surface area contributed by atoms with Crippen LogP contribution in [0.1, 0.15) is 18.4 Å². The van der Waals surface area contributed by atoms with Crippen LogP contribution in [0.3, 0.4) is 0 Å². The Balaban J connectivity index is 2.11.